The molecule has 0 aliphatic carbocycles. The highest BCUT2D eigenvalue weighted by molar-refractivity contribution is 7.89. The highest BCUT2D eigenvalue weighted by Gasteiger charge is 2.18. The van der Waals surface area contributed by atoms with Crippen molar-refractivity contribution < 1.29 is 17.9 Å². The Balaban J connectivity index is 2.23. The molecule has 0 atom stereocenters. The standard InChI is InChI=1S/C17H20N2O4S/c1-4-23-15-9-6-8-14(12-15)18-17(20)13-7-5-10-16(11-13)24(21,22)19(2)3/h5-12H,4H2,1-3H3,(H,18,20). The molecule has 0 aromatic heterocycles. The second-order valence-electron chi connectivity index (χ2n) is 5.23. The van der Waals surface area contributed by atoms with Gasteiger partial charge in [0, 0.05) is 31.4 Å². The number of amides is 1. The highest BCUT2D eigenvalue weighted by Crippen LogP contribution is 2.19. The Morgan fingerprint density at radius 3 is 2.50 bits per heavy atom. The van der Waals surface area contributed by atoms with Gasteiger partial charge >= 0.3 is 0 Å². The summed E-state index contributed by atoms with van der Waals surface area (Å²) in [7, 11) is -0.695. The maximum atomic E-state index is 12.4. The number of sulfonamides is 1. The summed E-state index contributed by atoms with van der Waals surface area (Å²) >= 11 is 0. The van der Waals surface area contributed by atoms with E-state index in [4.69, 9.17) is 4.74 Å². The van der Waals surface area contributed by atoms with Crippen LogP contribution in [0.1, 0.15) is 17.3 Å². The van der Waals surface area contributed by atoms with Crippen LogP contribution in [-0.4, -0.2) is 39.3 Å². The molecule has 0 saturated heterocycles. The maximum Gasteiger partial charge on any atom is 0.255 e. The lowest BCUT2D eigenvalue weighted by Gasteiger charge is -2.12. The van der Waals surface area contributed by atoms with Crippen molar-refractivity contribution in [3.8, 4) is 5.75 Å². The van der Waals surface area contributed by atoms with Crippen LogP contribution in [0.5, 0.6) is 5.75 Å². The van der Waals surface area contributed by atoms with E-state index < -0.39 is 10.0 Å². The number of carbonyl (C=O) groups is 1. The summed E-state index contributed by atoms with van der Waals surface area (Å²) in [5.41, 5.74) is 0.839. The minimum Gasteiger partial charge on any atom is -0.494 e. The fourth-order valence-electron chi connectivity index (χ4n) is 2.04. The lowest BCUT2D eigenvalue weighted by Crippen LogP contribution is -2.22. The van der Waals surface area contributed by atoms with E-state index in [2.05, 4.69) is 5.32 Å². The molecule has 128 valence electrons. The van der Waals surface area contributed by atoms with E-state index in [0.717, 1.165) is 4.31 Å². The predicted molar refractivity (Wildman–Crippen MR) is 92.9 cm³/mol. The SMILES string of the molecule is CCOc1cccc(NC(=O)c2cccc(S(=O)(=O)N(C)C)c2)c1. The molecule has 1 amide bonds. The number of ether oxygens (including phenoxy) is 1. The number of nitrogens with zero attached hydrogens (tertiary/aromatic N) is 1. The zero-order valence-electron chi connectivity index (χ0n) is 13.8. The van der Waals surface area contributed by atoms with Crippen LogP contribution < -0.4 is 10.1 Å². The number of anilines is 1. The third-order valence-electron chi connectivity index (χ3n) is 3.28. The Labute approximate surface area is 142 Å². The molecule has 24 heavy (non-hydrogen) atoms. The largest absolute Gasteiger partial charge is 0.494 e. The van der Waals surface area contributed by atoms with Crippen molar-refractivity contribution in [2.75, 3.05) is 26.0 Å². The van der Waals surface area contributed by atoms with E-state index >= 15 is 0 Å². The Morgan fingerprint density at radius 1 is 1.12 bits per heavy atom. The molecule has 6 nitrogen and oxygen atoms in total. The first-order chi connectivity index (χ1) is 11.3. The molecular formula is C17H20N2O4S. The van der Waals surface area contributed by atoms with E-state index in [1.807, 2.05) is 6.92 Å². The molecule has 0 aliphatic rings. The summed E-state index contributed by atoms with van der Waals surface area (Å²) in [6.45, 7) is 2.41. The number of hydrogen-bond acceptors (Lipinski definition) is 4. The molecule has 2 rings (SSSR count). The smallest absolute Gasteiger partial charge is 0.255 e. The average Bonchev–Trinajstić information content (AvgIpc) is 2.55. The Morgan fingerprint density at radius 2 is 1.83 bits per heavy atom. The lowest BCUT2D eigenvalue weighted by atomic mass is 10.2. The van der Waals surface area contributed by atoms with Crippen molar-refractivity contribution in [3.63, 3.8) is 0 Å². The van der Waals surface area contributed by atoms with Gasteiger partial charge in [0.15, 0.2) is 0 Å². The van der Waals surface area contributed by atoms with Gasteiger partial charge in [0.25, 0.3) is 5.91 Å². The molecule has 1 N–H and O–H groups in total. The van der Waals surface area contributed by atoms with E-state index in [-0.39, 0.29) is 16.4 Å². The monoisotopic (exact) mass is 348 g/mol. The van der Waals surface area contributed by atoms with Gasteiger partial charge in [-0.1, -0.05) is 12.1 Å². The predicted octanol–water partition coefficient (Wildman–Crippen LogP) is 2.59. The fraction of sp³-hybridized carbons (Fsp3) is 0.235. The number of carbonyl (C=O) groups excluding carboxylic acids is 1. The summed E-state index contributed by atoms with van der Waals surface area (Å²) in [4.78, 5) is 12.4. The van der Waals surface area contributed by atoms with Crippen LogP contribution in [0.2, 0.25) is 0 Å². The van der Waals surface area contributed by atoms with Crippen LogP contribution in [0.3, 0.4) is 0 Å². The molecule has 0 saturated carbocycles. The van der Waals surface area contributed by atoms with E-state index in [1.165, 1.54) is 26.2 Å². The summed E-state index contributed by atoms with van der Waals surface area (Å²) in [5.74, 6) is 0.263. The molecular weight excluding hydrogens is 328 g/mol. The Kier molecular flexibility index (Phi) is 5.58. The molecule has 0 aliphatic heterocycles. The molecule has 7 heteroatoms. The molecule has 2 aromatic carbocycles. The van der Waals surface area contributed by atoms with Crippen LogP contribution >= 0.6 is 0 Å². The van der Waals surface area contributed by atoms with Gasteiger partial charge in [0.2, 0.25) is 10.0 Å². The van der Waals surface area contributed by atoms with Gasteiger partial charge in [0.1, 0.15) is 5.75 Å². The molecule has 0 bridgehead atoms. The third kappa shape index (κ3) is 4.12. The second-order valence-corrected chi connectivity index (χ2v) is 7.38. The Bertz CT molecular complexity index is 832. The van der Waals surface area contributed by atoms with Gasteiger partial charge in [0.05, 0.1) is 11.5 Å². The van der Waals surface area contributed by atoms with Crippen molar-refractivity contribution in [3.05, 3.63) is 54.1 Å². The molecule has 0 radical (unpaired) electrons. The van der Waals surface area contributed by atoms with Crippen molar-refractivity contribution in [1.82, 2.24) is 4.31 Å². The first-order valence-corrected chi connectivity index (χ1v) is 8.85. The minimum absolute atomic E-state index is 0.0724. The quantitative estimate of drug-likeness (QED) is 0.870. The highest BCUT2D eigenvalue weighted by atomic mass is 32.2. The van der Waals surface area contributed by atoms with Gasteiger partial charge in [-0.3, -0.25) is 4.79 Å². The number of nitrogens with one attached hydrogen (secondary N) is 1. The van der Waals surface area contributed by atoms with Gasteiger partial charge in [-0.2, -0.15) is 0 Å². The van der Waals surface area contributed by atoms with Crippen molar-refractivity contribution >= 4 is 21.6 Å². The zero-order valence-corrected chi connectivity index (χ0v) is 14.6. The zero-order chi connectivity index (χ0) is 17.7. The van der Waals surface area contributed by atoms with Crippen molar-refractivity contribution in [2.24, 2.45) is 0 Å². The molecule has 0 spiro atoms. The third-order valence-corrected chi connectivity index (χ3v) is 5.09. The molecule has 0 unspecified atom stereocenters. The van der Waals surface area contributed by atoms with Crippen molar-refractivity contribution in [2.45, 2.75) is 11.8 Å². The minimum atomic E-state index is -3.59. The topological polar surface area (TPSA) is 75.7 Å². The van der Waals surface area contributed by atoms with Gasteiger partial charge in [-0.25, -0.2) is 12.7 Å². The maximum absolute atomic E-state index is 12.4. The van der Waals surface area contributed by atoms with Crippen LogP contribution in [0, 0.1) is 0 Å². The molecule has 0 heterocycles. The summed E-state index contributed by atoms with van der Waals surface area (Å²) in [6.07, 6.45) is 0. The second kappa shape index (κ2) is 7.46. The first kappa shape index (κ1) is 18.0. The summed E-state index contributed by atoms with van der Waals surface area (Å²) in [5, 5.41) is 2.74. The lowest BCUT2D eigenvalue weighted by molar-refractivity contribution is 0.102. The van der Waals surface area contributed by atoms with Crippen molar-refractivity contribution in [1.29, 1.82) is 0 Å². The average molecular weight is 348 g/mol. The van der Waals surface area contributed by atoms with E-state index in [0.29, 0.717) is 18.0 Å². The summed E-state index contributed by atoms with van der Waals surface area (Å²) < 4.78 is 30.8. The number of hydrogen-bond donors (Lipinski definition) is 1. The number of benzene rings is 2. The molecule has 2 aromatic rings. The van der Waals surface area contributed by atoms with Crippen LogP contribution in [0.4, 0.5) is 5.69 Å². The van der Waals surface area contributed by atoms with Gasteiger partial charge < -0.3 is 10.1 Å². The van der Waals surface area contributed by atoms with Crippen LogP contribution in [0.25, 0.3) is 0 Å². The van der Waals surface area contributed by atoms with Gasteiger partial charge in [-0.15, -0.1) is 0 Å². The summed E-state index contributed by atoms with van der Waals surface area (Å²) in [6, 6.07) is 12.9. The van der Waals surface area contributed by atoms with Gasteiger partial charge in [-0.05, 0) is 37.3 Å². The van der Waals surface area contributed by atoms with Crippen LogP contribution in [0.15, 0.2) is 53.4 Å². The Hall–Kier alpha value is -2.38. The van der Waals surface area contributed by atoms with E-state index in [1.54, 1.807) is 36.4 Å². The normalized spacial score (nSPS) is 11.3. The fourth-order valence-corrected chi connectivity index (χ4v) is 2.99. The van der Waals surface area contributed by atoms with E-state index in [9.17, 15) is 13.2 Å². The first-order valence-electron chi connectivity index (χ1n) is 7.41. The van der Waals surface area contributed by atoms with Crippen LogP contribution in [-0.2, 0) is 10.0 Å². The number of rotatable bonds is 6. The molecule has 0 fully saturated rings.